The highest BCUT2D eigenvalue weighted by Gasteiger charge is 2.15. The van der Waals surface area contributed by atoms with Crippen LogP contribution in [0.1, 0.15) is 110 Å². The molecule has 7 nitrogen and oxygen atoms in total. The van der Waals surface area contributed by atoms with Crippen molar-refractivity contribution in [1.29, 1.82) is 0 Å². The largest absolute Gasteiger partial charge is 0.478 e. The number of carbonyl (C=O) groups is 3. The number of rotatable bonds is 22. The SMILES string of the molecule is CCCCCCCCCCCCCCCCCC(=O)OCC(CO)OC(=O)/C=C\C(=O)O. The van der Waals surface area contributed by atoms with Crippen LogP contribution >= 0.6 is 0 Å². The van der Waals surface area contributed by atoms with E-state index in [1.165, 1.54) is 77.0 Å². The van der Waals surface area contributed by atoms with Crippen molar-refractivity contribution in [2.24, 2.45) is 0 Å². The Labute approximate surface area is 193 Å². The Morgan fingerprint density at radius 1 is 0.750 bits per heavy atom. The van der Waals surface area contributed by atoms with Crippen molar-refractivity contribution in [1.82, 2.24) is 0 Å². The minimum atomic E-state index is -1.28. The molecule has 0 fully saturated rings. The summed E-state index contributed by atoms with van der Waals surface area (Å²) < 4.78 is 9.84. The monoisotopic (exact) mass is 456 g/mol. The van der Waals surface area contributed by atoms with E-state index < -0.39 is 30.6 Å². The summed E-state index contributed by atoms with van der Waals surface area (Å²) in [6.45, 7) is 1.49. The van der Waals surface area contributed by atoms with Crippen LogP contribution in [0.4, 0.5) is 0 Å². The fourth-order valence-corrected chi connectivity index (χ4v) is 3.37. The third kappa shape index (κ3) is 21.3. The molecule has 0 amide bonds. The third-order valence-corrected chi connectivity index (χ3v) is 5.26. The molecule has 0 saturated heterocycles. The predicted octanol–water partition coefficient (Wildman–Crippen LogP) is 5.34. The molecule has 0 aromatic heterocycles. The number of unbranched alkanes of at least 4 members (excludes halogenated alkanes) is 14. The number of esters is 2. The standard InChI is InChI=1S/C25H44O7/c1-2-3-4-5-6-7-8-9-10-11-12-13-14-15-16-17-24(29)31-21-22(20-26)32-25(30)19-18-23(27)28/h18-19,22,26H,2-17,20-21H2,1H3,(H,27,28)/b19-18-. The van der Waals surface area contributed by atoms with E-state index in [0.717, 1.165) is 25.3 Å². The fraction of sp³-hybridized carbons (Fsp3) is 0.800. The van der Waals surface area contributed by atoms with Crippen LogP contribution in [0.3, 0.4) is 0 Å². The Hall–Kier alpha value is -1.89. The van der Waals surface area contributed by atoms with Gasteiger partial charge >= 0.3 is 17.9 Å². The molecule has 7 heteroatoms. The number of aliphatic carboxylic acids is 1. The van der Waals surface area contributed by atoms with Gasteiger partial charge in [-0.15, -0.1) is 0 Å². The van der Waals surface area contributed by atoms with Gasteiger partial charge in [-0.1, -0.05) is 96.8 Å². The summed E-state index contributed by atoms with van der Waals surface area (Å²) in [6.07, 6.45) is 19.5. The van der Waals surface area contributed by atoms with Gasteiger partial charge in [-0.2, -0.15) is 0 Å². The average Bonchev–Trinajstić information content (AvgIpc) is 2.77. The van der Waals surface area contributed by atoms with Crippen LogP contribution in [0.15, 0.2) is 12.2 Å². The van der Waals surface area contributed by atoms with Crippen LogP contribution in [0, 0.1) is 0 Å². The molecule has 0 heterocycles. The van der Waals surface area contributed by atoms with Crippen molar-refractivity contribution in [3.05, 3.63) is 12.2 Å². The van der Waals surface area contributed by atoms with Gasteiger partial charge in [0.15, 0.2) is 6.10 Å². The van der Waals surface area contributed by atoms with Crippen molar-refractivity contribution in [3.8, 4) is 0 Å². The summed E-state index contributed by atoms with van der Waals surface area (Å²) in [6, 6.07) is 0. The molecule has 0 aliphatic rings. The molecule has 1 unspecified atom stereocenters. The molecule has 0 saturated carbocycles. The first-order valence-corrected chi connectivity index (χ1v) is 12.4. The van der Waals surface area contributed by atoms with E-state index in [9.17, 15) is 19.5 Å². The van der Waals surface area contributed by atoms with Crippen LogP contribution in [0.25, 0.3) is 0 Å². The van der Waals surface area contributed by atoms with Crippen LogP contribution in [0.2, 0.25) is 0 Å². The van der Waals surface area contributed by atoms with Crippen LogP contribution in [-0.2, 0) is 23.9 Å². The minimum Gasteiger partial charge on any atom is -0.478 e. The van der Waals surface area contributed by atoms with Crippen molar-refractivity contribution < 1.29 is 34.1 Å². The normalized spacial score (nSPS) is 12.1. The molecular weight excluding hydrogens is 412 g/mol. The lowest BCUT2D eigenvalue weighted by molar-refractivity contribution is -0.157. The molecule has 186 valence electrons. The highest BCUT2D eigenvalue weighted by atomic mass is 16.6. The lowest BCUT2D eigenvalue weighted by Crippen LogP contribution is -2.28. The summed E-state index contributed by atoms with van der Waals surface area (Å²) >= 11 is 0. The number of ether oxygens (including phenoxy) is 2. The first-order valence-electron chi connectivity index (χ1n) is 12.4. The highest BCUT2D eigenvalue weighted by molar-refractivity contribution is 5.90. The maximum atomic E-state index is 11.8. The molecule has 0 spiro atoms. The lowest BCUT2D eigenvalue weighted by atomic mass is 10.0. The van der Waals surface area contributed by atoms with Crippen LogP contribution in [-0.4, -0.2) is 47.4 Å². The summed E-state index contributed by atoms with van der Waals surface area (Å²) in [5.74, 6) is -2.59. The van der Waals surface area contributed by atoms with Gasteiger partial charge in [0, 0.05) is 18.6 Å². The van der Waals surface area contributed by atoms with Crippen LogP contribution < -0.4 is 0 Å². The second-order valence-corrected chi connectivity index (χ2v) is 8.30. The molecule has 32 heavy (non-hydrogen) atoms. The second-order valence-electron chi connectivity index (χ2n) is 8.30. The van der Waals surface area contributed by atoms with Gasteiger partial charge in [-0.3, -0.25) is 4.79 Å². The van der Waals surface area contributed by atoms with Crippen molar-refractivity contribution in [2.75, 3.05) is 13.2 Å². The summed E-state index contributed by atoms with van der Waals surface area (Å²) in [5.41, 5.74) is 0. The Bertz CT molecular complexity index is 516. The minimum absolute atomic E-state index is 0.249. The molecule has 0 aromatic carbocycles. The summed E-state index contributed by atoms with van der Waals surface area (Å²) in [5, 5.41) is 17.6. The number of carboxylic acid groups (broad SMARTS) is 1. The van der Waals surface area contributed by atoms with Gasteiger partial charge in [0.1, 0.15) is 6.61 Å². The molecule has 0 aliphatic heterocycles. The summed E-state index contributed by atoms with van der Waals surface area (Å²) in [7, 11) is 0. The van der Waals surface area contributed by atoms with Crippen molar-refractivity contribution >= 4 is 17.9 Å². The van der Waals surface area contributed by atoms with Crippen molar-refractivity contribution in [2.45, 2.75) is 116 Å². The molecule has 0 aromatic rings. The van der Waals surface area contributed by atoms with E-state index in [1.807, 2.05) is 0 Å². The number of carboxylic acids is 1. The Morgan fingerprint density at radius 3 is 1.66 bits per heavy atom. The zero-order valence-electron chi connectivity index (χ0n) is 19.9. The van der Waals surface area contributed by atoms with E-state index in [2.05, 4.69) is 6.92 Å². The molecule has 0 radical (unpaired) electrons. The van der Waals surface area contributed by atoms with E-state index in [1.54, 1.807) is 0 Å². The molecule has 1 atom stereocenters. The molecule has 2 N–H and O–H groups in total. The van der Waals surface area contributed by atoms with Crippen LogP contribution in [0.5, 0.6) is 0 Å². The molecule has 0 aliphatic carbocycles. The predicted molar refractivity (Wildman–Crippen MR) is 124 cm³/mol. The second kappa shape index (κ2) is 22.3. The summed E-state index contributed by atoms with van der Waals surface area (Å²) in [4.78, 5) is 33.5. The third-order valence-electron chi connectivity index (χ3n) is 5.26. The van der Waals surface area contributed by atoms with Gasteiger partial charge in [-0.25, -0.2) is 9.59 Å². The first-order chi connectivity index (χ1) is 15.5. The lowest BCUT2D eigenvalue weighted by Gasteiger charge is -2.14. The average molecular weight is 457 g/mol. The zero-order valence-corrected chi connectivity index (χ0v) is 19.9. The van der Waals surface area contributed by atoms with E-state index in [4.69, 9.17) is 14.6 Å². The highest BCUT2D eigenvalue weighted by Crippen LogP contribution is 2.13. The fourth-order valence-electron chi connectivity index (χ4n) is 3.37. The smallest absolute Gasteiger partial charge is 0.331 e. The van der Waals surface area contributed by atoms with Gasteiger partial charge in [0.25, 0.3) is 0 Å². The zero-order chi connectivity index (χ0) is 23.9. The van der Waals surface area contributed by atoms with Crippen molar-refractivity contribution in [3.63, 3.8) is 0 Å². The Morgan fingerprint density at radius 2 is 1.22 bits per heavy atom. The van der Waals surface area contributed by atoms with E-state index >= 15 is 0 Å². The van der Waals surface area contributed by atoms with E-state index in [0.29, 0.717) is 12.5 Å². The molecule has 0 bridgehead atoms. The maximum Gasteiger partial charge on any atom is 0.331 e. The van der Waals surface area contributed by atoms with E-state index in [-0.39, 0.29) is 6.61 Å². The Kier molecular flexibility index (Phi) is 21.0. The number of hydrogen-bond acceptors (Lipinski definition) is 6. The number of carbonyl (C=O) groups excluding carboxylic acids is 2. The quantitative estimate of drug-likeness (QED) is 0.129. The molecule has 0 rings (SSSR count). The van der Waals surface area contributed by atoms with Gasteiger partial charge in [-0.05, 0) is 6.42 Å². The van der Waals surface area contributed by atoms with Gasteiger partial charge in [0.05, 0.1) is 6.61 Å². The topological polar surface area (TPSA) is 110 Å². The van der Waals surface area contributed by atoms with Gasteiger partial charge < -0.3 is 19.7 Å². The number of aliphatic hydroxyl groups is 1. The Balaban J connectivity index is 3.52. The molecular formula is C25H44O7. The number of hydrogen-bond donors (Lipinski definition) is 2. The maximum absolute atomic E-state index is 11.8. The first kappa shape index (κ1) is 30.1. The van der Waals surface area contributed by atoms with Gasteiger partial charge in [0.2, 0.25) is 0 Å². The number of aliphatic hydroxyl groups excluding tert-OH is 1.